The van der Waals surface area contributed by atoms with E-state index in [9.17, 15) is 14.4 Å². The highest BCUT2D eigenvalue weighted by atomic mass is 32.1. The second-order valence-corrected chi connectivity index (χ2v) is 8.21. The summed E-state index contributed by atoms with van der Waals surface area (Å²) in [5.74, 6) is 9.78. The molecule has 0 aliphatic heterocycles. The van der Waals surface area contributed by atoms with Gasteiger partial charge in [0.2, 0.25) is 5.91 Å². The summed E-state index contributed by atoms with van der Waals surface area (Å²) in [4.78, 5) is 36.0. The fourth-order valence-electron chi connectivity index (χ4n) is 2.42. The second-order valence-electron chi connectivity index (χ2n) is 7.13. The quantitative estimate of drug-likeness (QED) is 0.274. The Morgan fingerprint density at radius 3 is 2.29 bits per heavy atom. The summed E-state index contributed by atoms with van der Waals surface area (Å²) in [5, 5.41) is 14.8. The lowest BCUT2D eigenvalue weighted by atomic mass is 9.95. The molecule has 2 rings (SSSR count). The van der Waals surface area contributed by atoms with E-state index in [2.05, 4.69) is 34.3 Å². The summed E-state index contributed by atoms with van der Waals surface area (Å²) >= 11 is 1.35. The molecule has 0 aliphatic rings. The number of amides is 3. The molecule has 0 saturated heterocycles. The molecule has 2 aromatic rings. The Morgan fingerprint density at radius 1 is 1.06 bits per heavy atom. The SMILES string of the molecule is CC(=O)Nc1ccc(C#CC#Cc2ccc(C(=O)N[C@H](C(=O)NO)C(C)(C)N)cc2)s1. The van der Waals surface area contributed by atoms with Crippen LogP contribution >= 0.6 is 11.3 Å². The third-order valence-electron chi connectivity index (χ3n) is 3.90. The van der Waals surface area contributed by atoms with Crippen LogP contribution < -0.4 is 21.8 Å². The smallest absolute Gasteiger partial charge is 0.267 e. The fourth-order valence-corrected chi connectivity index (χ4v) is 3.22. The van der Waals surface area contributed by atoms with Crippen molar-refractivity contribution in [2.24, 2.45) is 5.73 Å². The zero-order valence-electron chi connectivity index (χ0n) is 17.2. The van der Waals surface area contributed by atoms with Crippen molar-refractivity contribution < 1.29 is 19.6 Å². The van der Waals surface area contributed by atoms with Crippen molar-refractivity contribution in [2.45, 2.75) is 32.4 Å². The highest BCUT2D eigenvalue weighted by Crippen LogP contribution is 2.20. The van der Waals surface area contributed by atoms with Gasteiger partial charge in [0.25, 0.3) is 11.8 Å². The topological polar surface area (TPSA) is 134 Å². The minimum absolute atomic E-state index is 0.141. The Labute approximate surface area is 184 Å². The van der Waals surface area contributed by atoms with Gasteiger partial charge in [-0.3, -0.25) is 19.6 Å². The van der Waals surface area contributed by atoms with Crippen molar-refractivity contribution in [1.29, 1.82) is 0 Å². The van der Waals surface area contributed by atoms with E-state index in [-0.39, 0.29) is 5.91 Å². The lowest BCUT2D eigenvalue weighted by molar-refractivity contribution is -0.132. The number of hydrogen-bond acceptors (Lipinski definition) is 6. The van der Waals surface area contributed by atoms with Gasteiger partial charge in [0, 0.05) is 23.6 Å². The number of nitrogens with one attached hydrogen (secondary N) is 3. The maximum atomic E-state index is 12.4. The molecule has 8 nitrogen and oxygen atoms in total. The van der Waals surface area contributed by atoms with Crippen molar-refractivity contribution in [2.75, 3.05) is 5.32 Å². The van der Waals surface area contributed by atoms with Crippen LogP contribution in [-0.4, -0.2) is 34.5 Å². The van der Waals surface area contributed by atoms with E-state index in [1.807, 2.05) is 0 Å². The fraction of sp³-hybridized carbons (Fsp3) is 0.227. The monoisotopic (exact) mass is 438 g/mol. The summed E-state index contributed by atoms with van der Waals surface area (Å²) in [7, 11) is 0. The first-order chi connectivity index (χ1) is 14.6. The standard InChI is InChI=1S/C22H22N4O4S/c1-14(27)24-18-13-12-17(31-18)7-5-4-6-15-8-10-16(11-9-15)20(28)25-19(21(29)26-30)22(2,3)23/h8-13,19,30H,23H2,1-3H3,(H,24,27)(H,25,28)(H,26,29)/t19-/m1/s1. The number of hydroxylamine groups is 1. The predicted octanol–water partition coefficient (Wildman–Crippen LogP) is 1.45. The molecule has 0 aliphatic carbocycles. The van der Waals surface area contributed by atoms with Gasteiger partial charge in [0.15, 0.2) is 0 Å². The summed E-state index contributed by atoms with van der Waals surface area (Å²) < 4.78 is 0. The summed E-state index contributed by atoms with van der Waals surface area (Å²) in [5.41, 5.74) is 7.28. The van der Waals surface area contributed by atoms with Crippen LogP contribution in [0.3, 0.4) is 0 Å². The van der Waals surface area contributed by atoms with Gasteiger partial charge in [-0.15, -0.1) is 11.3 Å². The molecule has 3 amide bonds. The number of rotatable bonds is 5. The number of hydrogen-bond donors (Lipinski definition) is 5. The van der Waals surface area contributed by atoms with Gasteiger partial charge >= 0.3 is 0 Å². The van der Waals surface area contributed by atoms with Crippen LogP contribution in [-0.2, 0) is 9.59 Å². The molecule has 1 heterocycles. The van der Waals surface area contributed by atoms with E-state index in [1.54, 1.807) is 50.2 Å². The van der Waals surface area contributed by atoms with Gasteiger partial charge in [0.05, 0.1) is 9.88 Å². The molecule has 0 fully saturated rings. The largest absolute Gasteiger partial charge is 0.338 e. The average molecular weight is 439 g/mol. The molecule has 0 spiro atoms. The molecule has 0 unspecified atom stereocenters. The molecular formula is C22H22N4O4S. The van der Waals surface area contributed by atoms with Crippen LogP contribution in [0.4, 0.5) is 5.00 Å². The lowest BCUT2D eigenvalue weighted by Gasteiger charge is -2.29. The van der Waals surface area contributed by atoms with Crippen molar-refractivity contribution in [1.82, 2.24) is 10.8 Å². The van der Waals surface area contributed by atoms with Gasteiger partial charge in [-0.25, -0.2) is 5.48 Å². The first-order valence-electron chi connectivity index (χ1n) is 9.13. The number of carbonyl (C=O) groups excluding carboxylic acids is 3. The van der Waals surface area contributed by atoms with Crippen LogP contribution in [0.25, 0.3) is 0 Å². The van der Waals surface area contributed by atoms with Gasteiger partial charge in [-0.05, 0) is 68.0 Å². The summed E-state index contributed by atoms with van der Waals surface area (Å²) in [6, 6.07) is 8.87. The molecule has 0 bridgehead atoms. The highest BCUT2D eigenvalue weighted by Gasteiger charge is 2.33. The Morgan fingerprint density at radius 2 is 1.71 bits per heavy atom. The van der Waals surface area contributed by atoms with E-state index >= 15 is 0 Å². The molecule has 0 radical (unpaired) electrons. The van der Waals surface area contributed by atoms with Crippen LogP contribution in [0, 0.1) is 23.7 Å². The van der Waals surface area contributed by atoms with Crippen LogP contribution in [0.1, 0.15) is 41.6 Å². The van der Waals surface area contributed by atoms with E-state index in [4.69, 9.17) is 10.9 Å². The van der Waals surface area contributed by atoms with E-state index in [0.29, 0.717) is 11.1 Å². The Kier molecular flexibility index (Phi) is 7.94. The Hall–Kier alpha value is -3.63. The summed E-state index contributed by atoms with van der Waals surface area (Å²) in [6.45, 7) is 4.56. The number of nitrogens with two attached hydrogens (primary N) is 1. The Balaban J connectivity index is 2.03. The van der Waals surface area contributed by atoms with E-state index < -0.39 is 23.4 Å². The van der Waals surface area contributed by atoms with Crippen LogP contribution in [0.15, 0.2) is 36.4 Å². The first kappa shape index (κ1) is 23.6. The zero-order chi connectivity index (χ0) is 23.0. The third kappa shape index (κ3) is 7.28. The van der Waals surface area contributed by atoms with E-state index in [1.165, 1.54) is 23.7 Å². The molecular weight excluding hydrogens is 416 g/mol. The van der Waals surface area contributed by atoms with Crippen LogP contribution in [0.2, 0.25) is 0 Å². The number of carbonyl (C=O) groups is 3. The van der Waals surface area contributed by atoms with E-state index in [0.717, 1.165) is 9.88 Å². The minimum Gasteiger partial charge on any atom is -0.338 e. The molecule has 6 N–H and O–H groups in total. The van der Waals surface area contributed by atoms with Gasteiger partial charge < -0.3 is 16.4 Å². The van der Waals surface area contributed by atoms with Crippen molar-refractivity contribution in [3.63, 3.8) is 0 Å². The normalized spacial score (nSPS) is 11.1. The lowest BCUT2D eigenvalue weighted by Crippen LogP contribution is -2.61. The number of anilines is 1. The minimum atomic E-state index is -1.12. The van der Waals surface area contributed by atoms with Crippen molar-refractivity contribution in [3.05, 3.63) is 52.4 Å². The van der Waals surface area contributed by atoms with Gasteiger partial charge in [-0.1, -0.05) is 5.92 Å². The molecule has 1 aromatic heterocycles. The molecule has 9 heteroatoms. The van der Waals surface area contributed by atoms with Crippen molar-refractivity contribution >= 4 is 34.1 Å². The predicted molar refractivity (Wildman–Crippen MR) is 118 cm³/mol. The van der Waals surface area contributed by atoms with Crippen LogP contribution in [0.5, 0.6) is 0 Å². The van der Waals surface area contributed by atoms with Gasteiger partial charge in [-0.2, -0.15) is 0 Å². The molecule has 31 heavy (non-hydrogen) atoms. The molecule has 160 valence electrons. The molecule has 0 saturated carbocycles. The molecule has 1 aromatic carbocycles. The average Bonchev–Trinajstić information content (AvgIpc) is 3.14. The Bertz CT molecular complexity index is 1090. The number of thiophene rings is 1. The summed E-state index contributed by atoms with van der Waals surface area (Å²) in [6.07, 6.45) is 0. The maximum Gasteiger partial charge on any atom is 0.267 e. The zero-order valence-corrected chi connectivity index (χ0v) is 18.0. The third-order valence-corrected chi connectivity index (χ3v) is 4.82. The number of benzene rings is 1. The van der Waals surface area contributed by atoms with Crippen molar-refractivity contribution in [3.8, 4) is 23.7 Å². The highest BCUT2D eigenvalue weighted by molar-refractivity contribution is 7.16. The molecule has 1 atom stereocenters. The van der Waals surface area contributed by atoms with Gasteiger partial charge in [0.1, 0.15) is 6.04 Å². The maximum absolute atomic E-state index is 12.4. The second kappa shape index (κ2) is 10.4. The first-order valence-corrected chi connectivity index (χ1v) is 9.95.